The van der Waals surface area contributed by atoms with Gasteiger partial charge in [0.05, 0.1) is 12.2 Å². The Morgan fingerprint density at radius 2 is 2.06 bits per heavy atom. The first kappa shape index (κ1) is 12.5. The molecule has 0 aliphatic rings. The molecule has 1 aromatic carbocycles. The minimum absolute atomic E-state index is 0.179. The molecule has 0 amide bonds. The molecule has 0 N–H and O–H groups in total. The molecule has 0 aliphatic heterocycles. The van der Waals surface area contributed by atoms with Gasteiger partial charge in [-0.25, -0.2) is 9.18 Å². The van der Waals surface area contributed by atoms with Crippen molar-refractivity contribution in [2.45, 2.75) is 19.8 Å². The molecule has 5 heteroatoms. The van der Waals surface area contributed by atoms with Crippen LogP contribution in [0, 0.1) is 12.7 Å². The van der Waals surface area contributed by atoms with Gasteiger partial charge in [0.2, 0.25) is 0 Å². The number of carbonyl (C=O) groups is 1. The van der Waals surface area contributed by atoms with E-state index in [1.807, 2.05) is 0 Å². The summed E-state index contributed by atoms with van der Waals surface area (Å²) in [6, 6.07) is 3.15. The summed E-state index contributed by atoms with van der Waals surface area (Å²) in [6.45, 7) is 2.79. The van der Waals surface area contributed by atoms with Crippen molar-refractivity contribution < 1.29 is 22.7 Å². The Balaban J connectivity index is 3.11. The first-order chi connectivity index (χ1) is 7.39. The summed E-state index contributed by atoms with van der Waals surface area (Å²) in [5.41, 5.74) is -0.461. The molecule has 0 bridgehead atoms. The van der Waals surface area contributed by atoms with Crippen molar-refractivity contribution in [1.29, 1.82) is 0 Å². The Bertz CT molecular complexity index is 402. The number of carbonyl (C=O) groups excluding carboxylic acids is 1. The highest BCUT2D eigenvalue weighted by molar-refractivity contribution is 5.79. The van der Waals surface area contributed by atoms with Gasteiger partial charge >= 0.3 is 11.9 Å². The second kappa shape index (κ2) is 4.55. The Hall–Kier alpha value is -1.52. The molecule has 2 nitrogen and oxygen atoms in total. The van der Waals surface area contributed by atoms with E-state index in [1.165, 1.54) is 13.0 Å². The summed E-state index contributed by atoms with van der Waals surface area (Å²) in [4.78, 5) is 11.0. The number of aryl methyl sites for hydroxylation is 1. The SMILES string of the molecule is CCOC(=O)C(F)(F)c1ccc(C)cc1F. The maximum Gasteiger partial charge on any atom is 0.382 e. The summed E-state index contributed by atoms with van der Waals surface area (Å²) in [5.74, 6) is -6.80. The van der Waals surface area contributed by atoms with E-state index >= 15 is 0 Å². The van der Waals surface area contributed by atoms with E-state index in [0.717, 1.165) is 12.1 Å². The number of hydrogen-bond acceptors (Lipinski definition) is 2. The molecule has 16 heavy (non-hydrogen) atoms. The summed E-state index contributed by atoms with van der Waals surface area (Å²) in [5, 5.41) is 0. The van der Waals surface area contributed by atoms with E-state index in [1.54, 1.807) is 6.92 Å². The molecule has 0 atom stereocenters. The summed E-state index contributed by atoms with van der Waals surface area (Å²) >= 11 is 0. The van der Waals surface area contributed by atoms with E-state index in [9.17, 15) is 18.0 Å². The lowest BCUT2D eigenvalue weighted by molar-refractivity contribution is -0.173. The van der Waals surface area contributed by atoms with Crippen LogP contribution < -0.4 is 0 Å². The van der Waals surface area contributed by atoms with E-state index in [2.05, 4.69) is 4.74 Å². The Morgan fingerprint density at radius 1 is 1.44 bits per heavy atom. The first-order valence-electron chi connectivity index (χ1n) is 4.71. The van der Waals surface area contributed by atoms with Gasteiger partial charge in [0.15, 0.2) is 0 Å². The third-order valence-corrected chi connectivity index (χ3v) is 1.99. The zero-order valence-electron chi connectivity index (χ0n) is 8.89. The smallest absolute Gasteiger partial charge is 0.382 e. The van der Waals surface area contributed by atoms with Gasteiger partial charge in [-0.1, -0.05) is 6.07 Å². The Morgan fingerprint density at radius 3 is 2.56 bits per heavy atom. The molecule has 0 aromatic heterocycles. The highest BCUT2D eigenvalue weighted by Gasteiger charge is 2.44. The van der Waals surface area contributed by atoms with Gasteiger partial charge < -0.3 is 4.74 Å². The van der Waals surface area contributed by atoms with Crippen molar-refractivity contribution in [2.24, 2.45) is 0 Å². The third-order valence-electron chi connectivity index (χ3n) is 1.99. The quantitative estimate of drug-likeness (QED) is 0.749. The fraction of sp³-hybridized carbons (Fsp3) is 0.364. The largest absolute Gasteiger partial charge is 0.461 e. The minimum Gasteiger partial charge on any atom is -0.461 e. The van der Waals surface area contributed by atoms with Gasteiger partial charge in [-0.15, -0.1) is 0 Å². The van der Waals surface area contributed by atoms with Crippen LogP contribution in [0.15, 0.2) is 18.2 Å². The van der Waals surface area contributed by atoms with Crippen molar-refractivity contribution in [2.75, 3.05) is 6.61 Å². The van der Waals surface area contributed by atoms with Crippen molar-refractivity contribution in [1.82, 2.24) is 0 Å². The molecular formula is C11H11F3O2. The third kappa shape index (κ3) is 2.35. The first-order valence-corrected chi connectivity index (χ1v) is 4.71. The van der Waals surface area contributed by atoms with Crippen molar-refractivity contribution in [3.8, 4) is 0 Å². The number of halogens is 3. The van der Waals surface area contributed by atoms with Crippen LogP contribution in [0.4, 0.5) is 13.2 Å². The fourth-order valence-electron chi connectivity index (χ4n) is 1.21. The molecule has 0 unspecified atom stereocenters. The van der Waals surface area contributed by atoms with Crippen molar-refractivity contribution in [3.63, 3.8) is 0 Å². The highest BCUT2D eigenvalue weighted by atomic mass is 19.3. The highest BCUT2D eigenvalue weighted by Crippen LogP contribution is 2.31. The maximum absolute atomic E-state index is 13.4. The van der Waals surface area contributed by atoms with Crippen molar-refractivity contribution >= 4 is 5.97 Å². The molecule has 0 heterocycles. The van der Waals surface area contributed by atoms with E-state index in [0.29, 0.717) is 5.56 Å². The lowest BCUT2D eigenvalue weighted by atomic mass is 10.1. The van der Waals surface area contributed by atoms with Crippen molar-refractivity contribution in [3.05, 3.63) is 35.1 Å². The Labute approximate surface area is 91.0 Å². The van der Waals surface area contributed by atoms with Crippen LogP contribution in [0.2, 0.25) is 0 Å². The topological polar surface area (TPSA) is 26.3 Å². The molecule has 0 saturated carbocycles. The molecule has 0 saturated heterocycles. The zero-order chi connectivity index (χ0) is 12.3. The average Bonchev–Trinajstić information content (AvgIpc) is 2.17. The maximum atomic E-state index is 13.4. The van der Waals surface area contributed by atoms with Crippen LogP contribution in [0.3, 0.4) is 0 Å². The average molecular weight is 232 g/mol. The molecule has 1 aromatic rings. The van der Waals surface area contributed by atoms with Crippen LogP contribution in [0.1, 0.15) is 18.1 Å². The number of rotatable bonds is 3. The standard InChI is InChI=1S/C11H11F3O2/c1-3-16-10(15)11(13,14)8-5-4-7(2)6-9(8)12/h4-6H,3H2,1-2H3. The molecule has 1 rings (SSSR count). The van der Waals surface area contributed by atoms with E-state index < -0.39 is 23.3 Å². The van der Waals surface area contributed by atoms with Crippen LogP contribution >= 0.6 is 0 Å². The lowest BCUT2D eigenvalue weighted by Gasteiger charge is -2.15. The number of benzene rings is 1. The van der Waals surface area contributed by atoms with Gasteiger partial charge in [0.25, 0.3) is 0 Å². The van der Waals surface area contributed by atoms with Crippen LogP contribution in [0.5, 0.6) is 0 Å². The van der Waals surface area contributed by atoms with Crippen LogP contribution in [0.25, 0.3) is 0 Å². The molecule has 0 fully saturated rings. The second-order valence-electron chi connectivity index (χ2n) is 3.28. The van der Waals surface area contributed by atoms with E-state index in [4.69, 9.17) is 0 Å². The van der Waals surface area contributed by atoms with Gasteiger partial charge in [-0.2, -0.15) is 8.78 Å². The molecule has 0 spiro atoms. The van der Waals surface area contributed by atoms with Crippen LogP contribution in [-0.2, 0) is 15.5 Å². The Kier molecular flexibility index (Phi) is 3.57. The second-order valence-corrected chi connectivity index (χ2v) is 3.28. The van der Waals surface area contributed by atoms with Crippen LogP contribution in [-0.4, -0.2) is 12.6 Å². The minimum atomic E-state index is -3.95. The molecule has 88 valence electrons. The number of hydrogen-bond donors (Lipinski definition) is 0. The number of alkyl halides is 2. The summed E-state index contributed by atoms with van der Waals surface area (Å²) in [6.07, 6.45) is 0. The van der Waals surface area contributed by atoms with E-state index in [-0.39, 0.29) is 6.61 Å². The van der Waals surface area contributed by atoms with Gasteiger partial charge in [-0.05, 0) is 31.5 Å². The van der Waals surface area contributed by atoms with Gasteiger partial charge in [0, 0.05) is 0 Å². The molecule has 0 aliphatic carbocycles. The monoisotopic (exact) mass is 232 g/mol. The molecule has 0 radical (unpaired) electrons. The lowest BCUT2D eigenvalue weighted by Crippen LogP contribution is -2.29. The normalized spacial score (nSPS) is 11.3. The number of ether oxygens (including phenoxy) is 1. The predicted molar refractivity (Wildman–Crippen MR) is 51.7 cm³/mol. The summed E-state index contributed by atoms with van der Waals surface area (Å²) < 4.78 is 44.3. The van der Waals surface area contributed by atoms with Gasteiger partial charge in [0.1, 0.15) is 5.82 Å². The fourth-order valence-corrected chi connectivity index (χ4v) is 1.21. The zero-order valence-corrected chi connectivity index (χ0v) is 8.89. The predicted octanol–water partition coefficient (Wildman–Crippen LogP) is 2.79. The van der Waals surface area contributed by atoms with Gasteiger partial charge in [-0.3, -0.25) is 0 Å². The molecular weight excluding hydrogens is 221 g/mol. The summed E-state index contributed by atoms with van der Waals surface area (Å²) in [7, 11) is 0. The number of esters is 1.